The molecule has 2 aliphatic heterocycles. The SMILES string of the molecule is CN1CCN(Cc2ccc(-c3cnc(N)c(C4=NNN(C)N4c4cccc(F)c4F)c3)cc2)CC1. The van der Waals surface area contributed by atoms with Gasteiger partial charge in [-0.15, -0.1) is 10.2 Å². The summed E-state index contributed by atoms with van der Waals surface area (Å²) in [4.78, 5) is 9.16. The first kappa shape index (κ1) is 23.2. The molecule has 182 valence electrons. The lowest BCUT2D eigenvalue weighted by Crippen LogP contribution is -2.44. The normalized spacial score (nSPS) is 17.5. The molecule has 0 radical (unpaired) electrons. The first-order chi connectivity index (χ1) is 16.9. The zero-order valence-corrected chi connectivity index (χ0v) is 19.7. The van der Waals surface area contributed by atoms with Crippen molar-refractivity contribution in [3.8, 4) is 11.1 Å². The largest absolute Gasteiger partial charge is 0.383 e. The number of hydrogen-bond acceptors (Lipinski definition) is 8. The van der Waals surface area contributed by atoms with Crippen molar-refractivity contribution in [3.63, 3.8) is 0 Å². The highest BCUT2D eigenvalue weighted by Crippen LogP contribution is 2.29. The van der Waals surface area contributed by atoms with E-state index in [0.717, 1.165) is 49.9 Å². The van der Waals surface area contributed by atoms with Crippen LogP contribution >= 0.6 is 0 Å². The van der Waals surface area contributed by atoms with E-state index < -0.39 is 11.6 Å². The summed E-state index contributed by atoms with van der Waals surface area (Å²) in [6, 6.07) is 14.2. The van der Waals surface area contributed by atoms with E-state index in [1.54, 1.807) is 13.2 Å². The number of hydrazone groups is 1. The van der Waals surface area contributed by atoms with E-state index in [1.807, 2.05) is 6.07 Å². The second kappa shape index (κ2) is 9.57. The molecule has 0 bridgehead atoms. The van der Waals surface area contributed by atoms with Gasteiger partial charge in [0, 0.05) is 51.5 Å². The number of nitrogens with zero attached hydrogens (tertiary/aromatic N) is 6. The van der Waals surface area contributed by atoms with Crippen molar-refractivity contribution in [2.75, 3.05) is 51.0 Å². The lowest BCUT2D eigenvalue weighted by atomic mass is 10.0. The predicted octanol–water partition coefficient (Wildman–Crippen LogP) is 2.89. The Morgan fingerprint density at radius 2 is 1.71 bits per heavy atom. The summed E-state index contributed by atoms with van der Waals surface area (Å²) in [6.07, 6.45) is 1.70. The number of rotatable bonds is 5. The number of likely N-dealkylation sites (N-methyl/N-ethyl adjacent to an activating group) is 1. The number of anilines is 2. The lowest BCUT2D eigenvalue weighted by molar-refractivity contribution is 0.148. The summed E-state index contributed by atoms with van der Waals surface area (Å²) >= 11 is 0. The molecule has 0 spiro atoms. The molecule has 10 heteroatoms. The van der Waals surface area contributed by atoms with Gasteiger partial charge in [-0.25, -0.2) is 24.3 Å². The number of nitrogens with one attached hydrogen (secondary N) is 1. The van der Waals surface area contributed by atoms with Gasteiger partial charge in [-0.2, -0.15) is 0 Å². The highest BCUT2D eigenvalue weighted by Gasteiger charge is 2.30. The minimum absolute atomic E-state index is 0.00862. The van der Waals surface area contributed by atoms with E-state index in [4.69, 9.17) is 5.73 Å². The van der Waals surface area contributed by atoms with E-state index >= 15 is 0 Å². The Morgan fingerprint density at radius 1 is 0.971 bits per heavy atom. The van der Waals surface area contributed by atoms with E-state index in [0.29, 0.717) is 11.4 Å². The van der Waals surface area contributed by atoms with Gasteiger partial charge >= 0.3 is 0 Å². The minimum atomic E-state index is -0.977. The van der Waals surface area contributed by atoms with E-state index in [2.05, 4.69) is 56.7 Å². The Kier molecular flexibility index (Phi) is 6.33. The van der Waals surface area contributed by atoms with Gasteiger partial charge in [0.25, 0.3) is 0 Å². The molecule has 3 heterocycles. The number of hydrogen-bond donors (Lipinski definition) is 2. The van der Waals surface area contributed by atoms with Crippen LogP contribution in [0.2, 0.25) is 0 Å². The maximum absolute atomic E-state index is 14.6. The number of aromatic nitrogens is 1. The average molecular weight is 479 g/mol. The summed E-state index contributed by atoms with van der Waals surface area (Å²) in [7, 11) is 3.80. The number of hydrazine groups is 2. The molecule has 0 saturated carbocycles. The molecule has 3 N–H and O–H groups in total. The van der Waals surface area contributed by atoms with Crippen LogP contribution in [0.15, 0.2) is 59.8 Å². The Hall–Kier alpha value is -3.60. The lowest BCUT2D eigenvalue weighted by Gasteiger charge is -2.32. The summed E-state index contributed by atoms with van der Waals surface area (Å²) in [5.74, 6) is -1.37. The van der Waals surface area contributed by atoms with Crippen LogP contribution < -0.4 is 16.3 Å². The van der Waals surface area contributed by atoms with Crippen LogP contribution in [0.1, 0.15) is 11.1 Å². The number of pyridine rings is 1. The van der Waals surface area contributed by atoms with Gasteiger partial charge in [0.1, 0.15) is 11.5 Å². The van der Waals surface area contributed by atoms with Crippen LogP contribution in [0.25, 0.3) is 11.1 Å². The number of halogens is 2. The standard InChI is InChI=1S/C25H28F2N8/c1-32-10-12-34(13-11-32)16-17-6-8-18(9-7-17)19-14-20(24(28)29-15-19)25-30-31-33(2)35(25)22-5-3-4-21(26)23(22)27/h3-9,14-15,31H,10-13,16H2,1-2H3,(H2,28,29). The maximum atomic E-state index is 14.6. The topological polar surface area (TPSA) is 76.3 Å². The van der Waals surface area contributed by atoms with Crippen LogP contribution in [0.5, 0.6) is 0 Å². The zero-order chi connectivity index (χ0) is 24.5. The fourth-order valence-corrected chi connectivity index (χ4v) is 4.34. The van der Waals surface area contributed by atoms with Crippen LogP contribution in [-0.4, -0.2) is 66.0 Å². The van der Waals surface area contributed by atoms with Gasteiger partial charge in [-0.05, 0) is 36.4 Å². The molecule has 8 nitrogen and oxygen atoms in total. The first-order valence-corrected chi connectivity index (χ1v) is 11.5. The fourth-order valence-electron chi connectivity index (χ4n) is 4.34. The molecule has 35 heavy (non-hydrogen) atoms. The molecule has 5 rings (SSSR count). The van der Waals surface area contributed by atoms with Gasteiger partial charge < -0.3 is 10.6 Å². The molecule has 0 aliphatic carbocycles. The predicted molar refractivity (Wildman–Crippen MR) is 133 cm³/mol. The van der Waals surface area contributed by atoms with Gasteiger partial charge in [0.15, 0.2) is 17.5 Å². The van der Waals surface area contributed by atoms with Crippen LogP contribution in [0.3, 0.4) is 0 Å². The number of benzene rings is 2. The van der Waals surface area contributed by atoms with Crippen molar-refractivity contribution < 1.29 is 8.78 Å². The molecule has 3 aromatic rings. The zero-order valence-electron chi connectivity index (χ0n) is 19.7. The van der Waals surface area contributed by atoms with Gasteiger partial charge in [0.2, 0.25) is 0 Å². The Bertz CT molecular complexity index is 1240. The van der Waals surface area contributed by atoms with Gasteiger partial charge in [-0.1, -0.05) is 30.3 Å². The van der Waals surface area contributed by atoms with E-state index in [9.17, 15) is 8.78 Å². The number of nitrogens with two attached hydrogens (primary N) is 1. The highest BCUT2D eigenvalue weighted by molar-refractivity contribution is 6.13. The molecule has 2 aliphatic rings. The highest BCUT2D eigenvalue weighted by atomic mass is 19.2. The minimum Gasteiger partial charge on any atom is -0.383 e. The summed E-state index contributed by atoms with van der Waals surface area (Å²) < 4.78 is 28.5. The molecule has 0 amide bonds. The third-order valence-electron chi connectivity index (χ3n) is 6.41. The maximum Gasteiger partial charge on any atom is 0.184 e. The molecular weight excluding hydrogens is 450 g/mol. The van der Waals surface area contributed by atoms with Crippen molar-refractivity contribution in [3.05, 3.63) is 77.5 Å². The number of amidine groups is 1. The molecule has 2 aromatic carbocycles. The Balaban J connectivity index is 1.40. The Labute approximate surface area is 203 Å². The molecule has 1 aromatic heterocycles. The van der Waals surface area contributed by atoms with Crippen LogP contribution in [-0.2, 0) is 6.54 Å². The fraction of sp³-hybridized carbons (Fsp3) is 0.280. The average Bonchev–Trinajstić information content (AvgIpc) is 3.24. The monoisotopic (exact) mass is 478 g/mol. The summed E-state index contributed by atoms with van der Waals surface area (Å²) in [6.45, 7) is 5.22. The Morgan fingerprint density at radius 3 is 2.46 bits per heavy atom. The summed E-state index contributed by atoms with van der Waals surface area (Å²) in [5, 5.41) is 7.17. The van der Waals surface area contributed by atoms with Crippen molar-refractivity contribution in [1.29, 1.82) is 0 Å². The van der Waals surface area contributed by atoms with Crippen LogP contribution in [0.4, 0.5) is 20.3 Å². The van der Waals surface area contributed by atoms with E-state index in [1.165, 1.54) is 27.8 Å². The number of nitrogen functional groups attached to an aromatic ring is 1. The second-order valence-corrected chi connectivity index (χ2v) is 8.88. The van der Waals surface area contributed by atoms with Crippen LogP contribution in [0, 0.1) is 11.6 Å². The third-order valence-corrected chi connectivity index (χ3v) is 6.41. The van der Waals surface area contributed by atoms with Gasteiger partial charge in [0.05, 0.1) is 5.56 Å². The van der Waals surface area contributed by atoms with E-state index in [-0.39, 0.29) is 11.5 Å². The number of piperazine rings is 1. The molecule has 0 unspecified atom stereocenters. The quantitative estimate of drug-likeness (QED) is 0.584. The molecule has 1 saturated heterocycles. The molecule has 0 atom stereocenters. The van der Waals surface area contributed by atoms with Crippen molar-refractivity contribution >= 4 is 17.3 Å². The summed E-state index contributed by atoms with van der Waals surface area (Å²) in [5.41, 5.74) is 12.5. The molecule has 1 fully saturated rings. The van der Waals surface area contributed by atoms with Crippen molar-refractivity contribution in [1.82, 2.24) is 25.4 Å². The van der Waals surface area contributed by atoms with Crippen molar-refractivity contribution in [2.24, 2.45) is 5.10 Å². The molecular formula is C25H28F2N8. The first-order valence-electron chi connectivity index (χ1n) is 11.5. The van der Waals surface area contributed by atoms with Crippen molar-refractivity contribution in [2.45, 2.75) is 6.54 Å². The van der Waals surface area contributed by atoms with Gasteiger partial charge in [-0.3, -0.25) is 4.90 Å². The smallest absolute Gasteiger partial charge is 0.184 e. The third kappa shape index (κ3) is 4.68. The second-order valence-electron chi connectivity index (χ2n) is 8.88.